The molecule has 1 aliphatic carbocycles. The van der Waals surface area contributed by atoms with E-state index >= 15 is 0 Å². The molecule has 0 aromatic rings. The van der Waals surface area contributed by atoms with E-state index in [-0.39, 0.29) is 12.5 Å². The fourth-order valence-corrected chi connectivity index (χ4v) is 1.33. The summed E-state index contributed by atoms with van der Waals surface area (Å²) in [5.74, 6) is -0.195. The highest BCUT2D eigenvalue weighted by Crippen LogP contribution is 2.35. The summed E-state index contributed by atoms with van der Waals surface area (Å²) in [5, 5.41) is 13.6. The van der Waals surface area contributed by atoms with Crippen molar-refractivity contribution < 1.29 is 14.7 Å². The van der Waals surface area contributed by atoms with Crippen LogP contribution in [0.25, 0.3) is 0 Å². The van der Waals surface area contributed by atoms with Gasteiger partial charge in [-0.2, -0.15) is 0 Å². The second-order valence-corrected chi connectivity index (χ2v) is 4.06. The molecule has 1 fully saturated rings. The summed E-state index contributed by atoms with van der Waals surface area (Å²) in [6, 6.07) is -0.273. The number of carbonyl (C=O) groups is 2. The Bertz CT molecular complexity index is 296. The number of carboxylic acid groups (broad SMARTS) is 1. The second-order valence-electron chi connectivity index (χ2n) is 4.06. The summed E-state index contributed by atoms with van der Waals surface area (Å²) in [6.45, 7) is 2.39. The van der Waals surface area contributed by atoms with Crippen LogP contribution in [0.1, 0.15) is 32.6 Å². The summed E-state index contributed by atoms with van der Waals surface area (Å²) < 4.78 is 0. The van der Waals surface area contributed by atoms with Crippen LogP contribution in [0.3, 0.4) is 0 Å². The molecule has 5 heteroatoms. The van der Waals surface area contributed by atoms with Gasteiger partial charge in [0.15, 0.2) is 0 Å². The third-order valence-corrected chi connectivity index (χ3v) is 2.51. The molecule has 1 rings (SSSR count). The first-order valence-corrected chi connectivity index (χ1v) is 5.52. The number of rotatable bonds is 6. The quantitative estimate of drug-likeness (QED) is 0.600. The molecule has 3 N–H and O–H groups in total. The van der Waals surface area contributed by atoms with Crippen molar-refractivity contribution in [1.82, 2.24) is 10.6 Å². The van der Waals surface area contributed by atoms with Crippen molar-refractivity contribution in [3.63, 3.8) is 0 Å². The van der Waals surface area contributed by atoms with E-state index in [9.17, 15) is 9.59 Å². The average Bonchev–Trinajstić information content (AvgIpc) is 3.04. The van der Waals surface area contributed by atoms with Crippen molar-refractivity contribution in [3.05, 3.63) is 11.8 Å². The van der Waals surface area contributed by atoms with Crippen molar-refractivity contribution in [2.75, 3.05) is 6.54 Å². The van der Waals surface area contributed by atoms with E-state index in [0.717, 1.165) is 0 Å². The molecular formula is C11H18N2O3. The van der Waals surface area contributed by atoms with Gasteiger partial charge in [-0.05, 0) is 32.1 Å². The van der Waals surface area contributed by atoms with Gasteiger partial charge in [0, 0.05) is 19.2 Å². The monoisotopic (exact) mass is 226 g/mol. The average molecular weight is 226 g/mol. The van der Waals surface area contributed by atoms with E-state index < -0.39 is 5.97 Å². The van der Waals surface area contributed by atoms with Crippen LogP contribution < -0.4 is 10.6 Å². The summed E-state index contributed by atoms with van der Waals surface area (Å²) >= 11 is 0. The molecule has 90 valence electrons. The molecule has 0 aromatic carbocycles. The first-order chi connectivity index (χ1) is 7.59. The Morgan fingerprint density at radius 3 is 2.69 bits per heavy atom. The molecule has 0 heterocycles. The lowest BCUT2D eigenvalue weighted by molar-refractivity contribution is -0.137. The van der Waals surface area contributed by atoms with Crippen molar-refractivity contribution in [3.8, 4) is 0 Å². The van der Waals surface area contributed by atoms with Crippen LogP contribution in [-0.2, 0) is 4.79 Å². The highest BCUT2D eigenvalue weighted by atomic mass is 16.4. The van der Waals surface area contributed by atoms with Gasteiger partial charge < -0.3 is 15.7 Å². The lowest BCUT2D eigenvalue weighted by Gasteiger charge is -2.04. The number of urea groups is 1. The van der Waals surface area contributed by atoms with E-state index in [2.05, 4.69) is 10.6 Å². The second kappa shape index (κ2) is 6.15. The molecular weight excluding hydrogens is 208 g/mol. The third kappa shape index (κ3) is 5.38. The number of allylic oxidation sites excluding steroid dienone is 1. The topological polar surface area (TPSA) is 78.4 Å². The maximum absolute atomic E-state index is 11.2. The Hall–Kier alpha value is -1.52. The van der Waals surface area contributed by atoms with Crippen LogP contribution in [0.4, 0.5) is 4.79 Å². The van der Waals surface area contributed by atoms with Crippen LogP contribution in [0.5, 0.6) is 0 Å². The third-order valence-electron chi connectivity index (χ3n) is 2.51. The Kier molecular flexibility index (Phi) is 4.82. The molecule has 2 amide bonds. The van der Waals surface area contributed by atoms with Gasteiger partial charge in [0.25, 0.3) is 0 Å². The highest BCUT2D eigenvalue weighted by Gasteiger charge is 2.22. The number of nitrogens with one attached hydrogen (secondary N) is 2. The molecule has 5 nitrogen and oxygen atoms in total. The first-order valence-electron chi connectivity index (χ1n) is 5.52. The number of amides is 2. The summed E-state index contributed by atoms with van der Waals surface area (Å²) in [4.78, 5) is 21.4. The Labute approximate surface area is 94.9 Å². The zero-order valence-electron chi connectivity index (χ0n) is 9.45. The SMILES string of the molecule is C/C(=C\NC(=O)NCCCC(=O)O)C1CC1. The van der Waals surface area contributed by atoms with E-state index in [0.29, 0.717) is 18.9 Å². The van der Waals surface area contributed by atoms with Crippen molar-refractivity contribution >= 4 is 12.0 Å². The largest absolute Gasteiger partial charge is 0.481 e. The Morgan fingerprint density at radius 2 is 2.12 bits per heavy atom. The Morgan fingerprint density at radius 1 is 1.44 bits per heavy atom. The van der Waals surface area contributed by atoms with Crippen LogP contribution in [0.2, 0.25) is 0 Å². The molecule has 0 spiro atoms. The summed E-state index contributed by atoms with van der Waals surface area (Å²) in [6.07, 6.45) is 4.68. The molecule has 0 atom stereocenters. The van der Waals surface area contributed by atoms with Gasteiger partial charge in [0.05, 0.1) is 0 Å². The smallest absolute Gasteiger partial charge is 0.318 e. The highest BCUT2D eigenvalue weighted by molar-refractivity contribution is 5.75. The number of aliphatic carboxylic acids is 1. The van der Waals surface area contributed by atoms with Gasteiger partial charge in [0.1, 0.15) is 0 Å². The van der Waals surface area contributed by atoms with Gasteiger partial charge in [-0.3, -0.25) is 4.79 Å². The van der Waals surface area contributed by atoms with Crippen LogP contribution in [-0.4, -0.2) is 23.7 Å². The van der Waals surface area contributed by atoms with E-state index in [4.69, 9.17) is 5.11 Å². The number of carboxylic acids is 1. The molecule has 1 saturated carbocycles. The number of hydrogen-bond acceptors (Lipinski definition) is 2. The Balaban J connectivity index is 2.06. The van der Waals surface area contributed by atoms with Gasteiger partial charge in [-0.1, -0.05) is 5.57 Å². The van der Waals surface area contributed by atoms with Crippen LogP contribution >= 0.6 is 0 Å². The molecule has 0 saturated heterocycles. The molecule has 16 heavy (non-hydrogen) atoms. The van der Waals surface area contributed by atoms with Gasteiger partial charge in [-0.25, -0.2) is 4.79 Å². The normalized spacial score (nSPS) is 15.7. The molecule has 0 radical (unpaired) electrons. The van der Waals surface area contributed by atoms with Crippen molar-refractivity contribution in [2.45, 2.75) is 32.6 Å². The zero-order valence-corrected chi connectivity index (χ0v) is 9.45. The lowest BCUT2D eigenvalue weighted by Crippen LogP contribution is -2.33. The summed E-state index contributed by atoms with van der Waals surface area (Å²) in [5.41, 5.74) is 1.20. The van der Waals surface area contributed by atoms with Crippen molar-refractivity contribution in [2.24, 2.45) is 5.92 Å². The number of carbonyl (C=O) groups excluding carboxylic acids is 1. The molecule has 0 bridgehead atoms. The van der Waals surface area contributed by atoms with Gasteiger partial charge in [-0.15, -0.1) is 0 Å². The molecule has 0 aromatic heterocycles. The van der Waals surface area contributed by atoms with Crippen LogP contribution in [0.15, 0.2) is 11.8 Å². The number of hydrogen-bond donors (Lipinski definition) is 3. The maximum atomic E-state index is 11.2. The predicted octanol–water partition coefficient (Wildman–Crippen LogP) is 1.46. The predicted molar refractivity (Wildman–Crippen MR) is 59.9 cm³/mol. The summed E-state index contributed by atoms with van der Waals surface area (Å²) in [7, 11) is 0. The maximum Gasteiger partial charge on any atom is 0.318 e. The minimum Gasteiger partial charge on any atom is -0.481 e. The fraction of sp³-hybridized carbons (Fsp3) is 0.636. The van der Waals surface area contributed by atoms with Gasteiger partial charge >= 0.3 is 12.0 Å². The molecule has 0 aliphatic heterocycles. The lowest BCUT2D eigenvalue weighted by atomic mass is 10.2. The minimum absolute atomic E-state index is 0.0806. The fourth-order valence-electron chi connectivity index (χ4n) is 1.33. The van der Waals surface area contributed by atoms with Gasteiger partial charge in [0.2, 0.25) is 0 Å². The minimum atomic E-state index is -0.841. The van der Waals surface area contributed by atoms with E-state index in [1.165, 1.54) is 18.4 Å². The molecule has 1 aliphatic rings. The standard InChI is InChI=1S/C11H18N2O3/c1-8(9-4-5-9)7-13-11(16)12-6-2-3-10(14)15/h7,9H,2-6H2,1H3,(H,14,15)(H2,12,13,16)/b8-7+. The van der Waals surface area contributed by atoms with E-state index in [1.54, 1.807) is 6.20 Å². The zero-order chi connectivity index (χ0) is 12.0. The van der Waals surface area contributed by atoms with Crippen LogP contribution in [0, 0.1) is 5.92 Å². The molecule has 0 unspecified atom stereocenters. The first kappa shape index (κ1) is 12.5. The van der Waals surface area contributed by atoms with Crippen molar-refractivity contribution in [1.29, 1.82) is 0 Å². The van der Waals surface area contributed by atoms with E-state index in [1.807, 2.05) is 6.92 Å².